The summed E-state index contributed by atoms with van der Waals surface area (Å²) < 4.78 is 21.8. The zero-order valence-electron chi connectivity index (χ0n) is 84.7. The van der Waals surface area contributed by atoms with E-state index in [1.165, 1.54) is 34.4 Å². The van der Waals surface area contributed by atoms with Gasteiger partial charge in [0.1, 0.15) is 28.6 Å². The molecule has 0 saturated carbocycles. The number of aryl methyl sites for hydroxylation is 1. The predicted octanol–water partition coefficient (Wildman–Crippen LogP) is 23.2. The number of piperidine rings is 4. The van der Waals surface area contributed by atoms with E-state index in [4.69, 9.17) is 23.2 Å². The number of rotatable bonds is 29. The summed E-state index contributed by atoms with van der Waals surface area (Å²) in [5.41, 5.74) is 18.7. The van der Waals surface area contributed by atoms with E-state index in [1.807, 2.05) is 244 Å². The van der Waals surface area contributed by atoms with Gasteiger partial charge in [0, 0.05) is 189 Å². The van der Waals surface area contributed by atoms with Crippen LogP contribution in [0.15, 0.2) is 328 Å². The van der Waals surface area contributed by atoms with E-state index in [1.54, 1.807) is 24.5 Å². The number of carbonyl (C=O) groups excluding carboxylic acids is 7. The van der Waals surface area contributed by atoms with Crippen LogP contribution in [0.25, 0.3) is 43.6 Å². The number of aromatic nitrogens is 5. The maximum atomic E-state index is 13.7. The molecule has 7 amide bonds. The highest BCUT2D eigenvalue weighted by Gasteiger charge is 2.36. The molecule has 3 N–H and O–H groups in total. The number of halogens is 3. The van der Waals surface area contributed by atoms with Crippen molar-refractivity contribution in [2.75, 3.05) is 85.6 Å². The summed E-state index contributed by atoms with van der Waals surface area (Å²) in [6.45, 7) is 19.8. The molecule has 4 saturated heterocycles. The van der Waals surface area contributed by atoms with E-state index < -0.39 is 0 Å². The lowest BCUT2D eigenvalue weighted by atomic mass is 9.95. The largest absolute Gasteiger partial charge is 0.356 e. The van der Waals surface area contributed by atoms with Gasteiger partial charge in [-0.3, -0.25) is 38.5 Å². The third-order valence-corrected chi connectivity index (χ3v) is 29.9. The van der Waals surface area contributed by atoms with Crippen LogP contribution in [0.2, 0.25) is 10.0 Å². The molecule has 20 rings (SSSR count). The minimum atomic E-state index is -0.250. The number of carbonyl (C=O) groups is 7. The maximum Gasteiger partial charge on any atom is 0.270 e. The summed E-state index contributed by atoms with van der Waals surface area (Å²) in [6, 6.07) is 104. The Labute approximate surface area is 871 Å². The second-order valence-electron chi connectivity index (χ2n) is 40.0. The maximum absolute atomic E-state index is 13.7. The minimum absolute atomic E-state index is 0.00957. The monoisotopic (exact) mass is 2000 g/mol. The topological polar surface area (TPSA) is 204 Å². The lowest BCUT2D eigenvalue weighted by Crippen LogP contribution is -2.44. The van der Waals surface area contributed by atoms with Gasteiger partial charge in [0.15, 0.2) is 0 Å². The summed E-state index contributed by atoms with van der Waals surface area (Å²) in [6.07, 6.45) is 11.5. The standard InChI is InChI=1S/C33H36ClN3O2.C31H34FN3O.C30H31ClN4O2.C30H31N3O2/c1-23(2)26-11-7-24(8-12-26)15-18-35-32(38)27-16-19-36(20-17-27)33(39)31-21-28-5-3-4-6-30(28)37(31)22-25-9-13-29(34)14-10-25;1-23-6-8-24(9-7-23)14-17-33-21-25-15-18-34(19-16-25)31(36)30-20-27-4-2-3-5-29(27)35(30)22-26-10-12-28(32)13-11-26;1-21(23-10-14-32-15-11-23)19-33-29(36)24-12-16-34(17-13-24)30(37)28-18-25-4-2-3-5-27(25)35(28)20-22-6-8-26(31)9-7-22;1-31(21-23-10-4-2-5-11-23)29(34)25-16-18-32(19-17-25)30(35)28-20-26-14-8-9-15-27(26)33(28)22-24-12-6-3-7-13-24/h3-14,21,23,27H,15-20,22H2,1-2H3,(H,35,38);2-13,20,25,33H,14-19,21-22H2,1H3;2-11,14-15,18,21,24H,12-13,16-17,19-20H2,1H3,(H,33,36);2-15,20,25H,16-19,21-22H2,1H3. The molecule has 0 aliphatic carbocycles. The molecule has 147 heavy (non-hydrogen) atoms. The molecule has 23 heteroatoms. The van der Waals surface area contributed by atoms with Gasteiger partial charge >= 0.3 is 0 Å². The third kappa shape index (κ3) is 27.1. The highest BCUT2D eigenvalue weighted by Crippen LogP contribution is 2.34. The van der Waals surface area contributed by atoms with E-state index in [0.717, 1.165) is 129 Å². The van der Waals surface area contributed by atoms with Crippen molar-refractivity contribution >= 4 is 108 Å². The first-order valence-electron chi connectivity index (χ1n) is 51.9. The Hall–Kier alpha value is -14.5. The van der Waals surface area contributed by atoms with E-state index in [0.29, 0.717) is 168 Å². The minimum Gasteiger partial charge on any atom is -0.356 e. The molecule has 1 unspecified atom stereocenters. The first-order chi connectivity index (χ1) is 71.5. The molecule has 1 atom stereocenters. The number of nitrogens with one attached hydrogen (secondary N) is 3. The van der Waals surface area contributed by atoms with Gasteiger partial charge in [0.05, 0.1) is 0 Å². The number of para-hydroxylation sites is 4. The Kier molecular flexibility index (Phi) is 35.4. The average Bonchev–Trinajstić information content (AvgIpc) is 1.64. The van der Waals surface area contributed by atoms with Crippen LogP contribution in [0, 0.1) is 36.4 Å². The number of benzene rings is 11. The molecule has 16 aromatic rings. The van der Waals surface area contributed by atoms with Gasteiger partial charge in [-0.2, -0.15) is 0 Å². The molecule has 756 valence electrons. The van der Waals surface area contributed by atoms with Crippen LogP contribution >= 0.6 is 23.2 Å². The van der Waals surface area contributed by atoms with E-state index in [2.05, 4.69) is 146 Å². The Morgan fingerprint density at radius 2 is 0.701 bits per heavy atom. The predicted molar refractivity (Wildman–Crippen MR) is 588 cm³/mol. The Morgan fingerprint density at radius 1 is 0.367 bits per heavy atom. The molecular formula is C124H132Cl2FN13O7. The van der Waals surface area contributed by atoms with Gasteiger partial charge in [0.2, 0.25) is 17.7 Å². The molecular weight excluding hydrogens is 1870 g/mol. The van der Waals surface area contributed by atoms with Gasteiger partial charge in [-0.25, -0.2) is 4.39 Å². The molecule has 4 fully saturated rings. The van der Waals surface area contributed by atoms with Crippen LogP contribution in [0.3, 0.4) is 0 Å². The molecule has 0 bridgehead atoms. The molecule has 5 aromatic heterocycles. The Morgan fingerprint density at radius 3 is 1.10 bits per heavy atom. The van der Waals surface area contributed by atoms with Crippen molar-refractivity contribution < 1.29 is 38.0 Å². The number of fused-ring (bicyclic) bond motifs is 4. The van der Waals surface area contributed by atoms with Gasteiger partial charge in [-0.15, -0.1) is 0 Å². The highest BCUT2D eigenvalue weighted by atomic mass is 35.5. The van der Waals surface area contributed by atoms with Crippen LogP contribution in [0.4, 0.5) is 4.39 Å². The first-order valence-corrected chi connectivity index (χ1v) is 52.7. The van der Waals surface area contributed by atoms with Crippen molar-refractivity contribution in [2.24, 2.45) is 23.7 Å². The summed E-state index contributed by atoms with van der Waals surface area (Å²) in [7, 11) is 1.87. The normalized spacial score (nSPS) is 14.5. The molecule has 11 aromatic carbocycles. The first kappa shape index (κ1) is 104. The van der Waals surface area contributed by atoms with Crippen molar-refractivity contribution in [1.29, 1.82) is 0 Å². The number of pyridine rings is 1. The Balaban J connectivity index is 0.000000134. The fourth-order valence-corrected chi connectivity index (χ4v) is 20.9. The summed E-state index contributed by atoms with van der Waals surface area (Å²) >= 11 is 12.2. The smallest absolute Gasteiger partial charge is 0.270 e. The van der Waals surface area contributed by atoms with Crippen LogP contribution < -0.4 is 16.0 Å². The molecule has 4 aliphatic heterocycles. The summed E-state index contributed by atoms with van der Waals surface area (Å²) in [5, 5.41) is 15.4. The van der Waals surface area contributed by atoms with Crippen LogP contribution in [-0.2, 0) is 59.9 Å². The average molecular weight is 2010 g/mol. The number of nitrogens with zero attached hydrogens (tertiary/aromatic N) is 10. The Bertz CT molecular complexity index is 7120. The number of hydrogen-bond donors (Lipinski definition) is 3. The van der Waals surface area contributed by atoms with Crippen molar-refractivity contribution in [3.63, 3.8) is 0 Å². The second kappa shape index (κ2) is 50.1. The van der Waals surface area contributed by atoms with E-state index in [-0.39, 0.29) is 70.8 Å². The second-order valence-corrected chi connectivity index (χ2v) is 40.9. The van der Waals surface area contributed by atoms with E-state index in [9.17, 15) is 38.0 Å². The van der Waals surface area contributed by atoms with Crippen molar-refractivity contribution in [3.05, 3.63) is 422 Å². The molecule has 9 heterocycles. The van der Waals surface area contributed by atoms with Gasteiger partial charge < -0.3 is 58.7 Å². The summed E-state index contributed by atoms with van der Waals surface area (Å²) in [4.78, 5) is 107. The highest BCUT2D eigenvalue weighted by molar-refractivity contribution is 6.31. The van der Waals surface area contributed by atoms with Crippen LogP contribution in [0.5, 0.6) is 0 Å². The van der Waals surface area contributed by atoms with Gasteiger partial charge in [0.25, 0.3) is 23.6 Å². The fourth-order valence-electron chi connectivity index (χ4n) is 20.6. The molecule has 0 spiro atoms. The third-order valence-electron chi connectivity index (χ3n) is 29.4. The zero-order chi connectivity index (χ0) is 102. The van der Waals surface area contributed by atoms with Gasteiger partial charge in [-0.05, 0) is 249 Å². The van der Waals surface area contributed by atoms with E-state index >= 15 is 0 Å². The molecule has 4 aliphatic rings. The lowest BCUT2D eigenvalue weighted by molar-refractivity contribution is -0.136. The number of amides is 7. The summed E-state index contributed by atoms with van der Waals surface area (Å²) in [5.74, 6) is 1.39. The number of likely N-dealkylation sites (tertiary alicyclic amines) is 4. The molecule has 20 nitrogen and oxygen atoms in total. The molecule has 0 radical (unpaired) electrons. The lowest BCUT2D eigenvalue weighted by Gasteiger charge is -2.33. The quantitative estimate of drug-likeness (QED) is 0.0381. The van der Waals surface area contributed by atoms with Crippen molar-refractivity contribution in [3.8, 4) is 0 Å². The SMILES string of the molecule is CC(C)c1ccc(CCNC(=O)C2CCN(C(=O)c3cc4ccccc4n3Cc3ccc(Cl)cc3)CC2)cc1.CC(CNC(=O)C1CCN(C(=O)c2cc3ccccc3n2Cc2ccc(Cl)cc2)CC1)c1ccncc1.CN(Cc1ccccc1)C(=O)C1CCN(C(=O)c2cc3ccccc3n2Cc2ccccc2)CC1.Cc1ccc(CCNCC2CCN(C(=O)c3cc4ccccc4n3Cc3ccc(F)cc3)CC2)cc1. The van der Waals surface area contributed by atoms with Crippen LogP contribution in [0.1, 0.15) is 182 Å². The zero-order valence-corrected chi connectivity index (χ0v) is 86.2. The van der Waals surface area contributed by atoms with Crippen LogP contribution in [-0.4, -0.2) is 175 Å². The fraction of sp³-hybridized carbons (Fsp3) is 0.306. The van der Waals surface area contributed by atoms with Gasteiger partial charge in [-0.1, -0.05) is 268 Å². The van der Waals surface area contributed by atoms with Crippen molar-refractivity contribution in [2.45, 2.75) is 136 Å². The van der Waals surface area contributed by atoms with Crippen molar-refractivity contribution in [1.82, 2.24) is 63.7 Å². The number of hydrogen-bond acceptors (Lipinski definition) is 9.